The second-order valence-corrected chi connectivity index (χ2v) is 3.75. The maximum Gasteiger partial charge on any atom is 0.307 e. The van der Waals surface area contributed by atoms with Gasteiger partial charge < -0.3 is 5.11 Å². The monoisotopic (exact) mass is 192 g/mol. The lowest BCUT2D eigenvalue weighted by Crippen LogP contribution is -2.04. The maximum atomic E-state index is 11.5. The Hall–Kier alpha value is -1.38. The molecule has 1 N–H and O–H groups in total. The fourth-order valence-corrected chi connectivity index (χ4v) is 2.17. The first kappa shape index (κ1) is 9.19. The summed E-state index contributed by atoms with van der Waals surface area (Å²) in [6.45, 7) is 0. The van der Waals surface area contributed by atoms with E-state index in [4.69, 9.17) is 5.11 Å². The molecule has 0 bridgehead atoms. The first-order chi connectivity index (χ1) is 6.68. The summed E-state index contributed by atoms with van der Waals surface area (Å²) in [6.07, 6.45) is 5.33. The van der Waals surface area contributed by atoms with Crippen molar-refractivity contribution in [1.29, 1.82) is 0 Å². The third-order valence-electron chi connectivity index (χ3n) is 2.79. The number of fused-ring (bicyclic) bond motifs is 1. The van der Waals surface area contributed by atoms with Gasteiger partial charge >= 0.3 is 5.97 Å². The van der Waals surface area contributed by atoms with Gasteiger partial charge in [-0.1, -0.05) is 6.08 Å². The Morgan fingerprint density at radius 2 is 2.29 bits per heavy atom. The Morgan fingerprint density at radius 3 is 3.00 bits per heavy atom. The molecule has 2 aliphatic carbocycles. The quantitative estimate of drug-likeness (QED) is 0.726. The lowest BCUT2D eigenvalue weighted by molar-refractivity contribution is -0.136. The van der Waals surface area contributed by atoms with Crippen molar-refractivity contribution >= 4 is 11.8 Å². The molecular weight excluding hydrogens is 180 g/mol. The van der Waals surface area contributed by atoms with Gasteiger partial charge in [0.1, 0.15) is 0 Å². The van der Waals surface area contributed by atoms with Crippen molar-refractivity contribution in [3.05, 3.63) is 22.8 Å². The molecule has 0 radical (unpaired) electrons. The Balaban J connectivity index is 2.34. The second-order valence-electron chi connectivity index (χ2n) is 3.75. The van der Waals surface area contributed by atoms with Crippen molar-refractivity contribution < 1.29 is 14.7 Å². The van der Waals surface area contributed by atoms with Crippen LogP contribution in [0.15, 0.2) is 22.8 Å². The van der Waals surface area contributed by atoms with Crippen LogP contribution in [0.5, 0.6) is 0 Å². The Morgan fingerprint density at radius 1 is 1.50 bits per heavy atom. The summed E-state index contributed by atoms with van der Waals surface area (Å²) in [6, 6.07) is 0. The zero-order chi connectivity index (χ0) is 10.1. The second kappa shape index (κ2) is 3.40. The standard InChI is InChI=1S/C11H12O3/c12-10-5-7-3-1-2-4-8(7)9(10)6-11(13)14/h3H,1-2,4-6H2,(H,13,14). The molecule has 2 aliphatic rings. The van der Waals surface area contributed by atoms with E-state index < -0.39 is 5.97 Å². The molecule has 0 saturated carbocycles. The van der Waals surface area contributed by atoms with Crippen LogP contribution in [0.1, 0.15) is 32.1 Å². The predicted octanol–water partition coefficient (Wildman–Crippen LogP) is 1.84. The van der Waals surface area contributed by atoms with E-state index in [-0.39, 0.29) is 12.2 Å². The number of carboxylic acid groups (broad SMARTS) is 1. The minimum absolute atomic E-state index is 0.00977. The van der Waals surface area contributed by atoms with E-state index in [1.165, 1.54) is 0 Å². The number of ketones is 1. The highest BCUT2D eigenvalue weighted by Crippen LogP contribution is 2.37. The van der Waals surface area contributed by atoms with Crippen LogP contribution < -0.4 is 0 Å². The van der Waals surface area contributed by atoms with E-state index in [0.717, 1.165) is 30.4 Å². The van der Waals surface area contributed by atoms with E-state index in [9.17, 15) is 9.59 Å². The van der Waals surface area contributed by atoms with Gasteiger partial charge in [0, 0.05) is 12.0 Å². The van der Waals surface area contributed by atoms with Crippen molar-refractivity contribution in [3.8, 4) is 0 Å². The molecule has 0 heterocycles. The van der Waals surface area contributed by atoms with Crippen LogP contribution in [-0.2, 0) is 9.59 Å². The van der Waals surface area contributed by atoms with Gasteiger partial charge in [-0.25, -0.2) is 0 Å². The Labute approximate surface area is 82.1 Å². The highest BCUT2D eigenvalue weighted by Gasteiger charge is 2.29. The lowest BCUT2D eigenvalue weighted by atomic mass is 9.94. The topological polar surface area (TPSA) is 54.4 Å². The fourth-order valence-electron chi connectivity index (χ4n) is 2.17. The molecule has 0 aliphatic heterocycles. The number of carbonyl (C=O) groups is 2. The molecule has 0 spiro atoms. The third-order valence-corrected chi connectivity index (χ3v) is 2.79. The van der Waals surface area contributed by atoms with Gasteiger partial charge in [0.15, 0.2) is 5.78 Å². The molecule has 0 aromatic rings. The van der Waals surface area contributed by atoms with Crippen LogP contribution in [-0.4, -0.2) is 16.9 Å². The Bertz CT molecular complexity index is 361. The van der Waals surface area contributed by atoms with Crippen molar-refractivity contribution in [2.75, 3.05) is 0 Å². The summed E-state index contributed by atoms with van der Waals surface area (Å²) in [4.78, 5) is 22.1. The number of carboxylic acids is 1. The van der Waals surface area contributed by atoms with Gasteiger partial charge in [-0.2, -0.15) is 0 Å². The SMILES string of the molecule is O=C(O)CC1=C2CCCC=C2CC1=O. The van der Waals surface area contributed by atoms with Crippen molar-refractivity contribution in [2.24, 2.45) is 0 Å². The molecular formula is C11H12O3. The van der Waals surface area contributed by atoms with Gasteiger partial charge in [0.05, 0.1) is 6.42 Å². The maximum absolute atomic E-state index is 11.5. The predicted molar refractivity (Wildman–Crippen MR) is 50.8 cm³/mol. The van der Waals surface area contributed by atoms with Crippen molar-refractivity contribution in [3.63, 3.8) is 0 Å². The zero-order valence-electron chi connectivity index (χ0n) is 7.88. The number of hydrogen-bond acceptors (Lipinski definition) is 2. The summed E-state index contributed by atoms with van der Waals surface area (Å²) in [5.41, 5.74) is 2.64. The van der Waals surface area contributed by atoms with E-state index >= 15 is 0 Å². The van der Waals surface area contributed by atoms with Gasteiger partial charge in [-0.15, -0.1) is 0 Å². The first-order valence-electron chi connectivity index (χ1n) is 4.85. The highest BCUT2D eigenvalue weighted by molar-refractivity contribution is 6.05. The summed E-state index contributed by atoms with van der Waals surface area (Å²) < 4.78 is 0. The number of rotatable bonds is 2. The van der Waals surface area contributed by atoms with Crippen LogP contribution in [0, 0.1) is 0 Å². The smallest absolute Gasteiger partial charge is 0.307 e. The molecule has 0 unspecified atom stereocenters. The largest absolute Gasteiger partial charge is 0.481 e. The van der Waals surface area contributed by atoms with Gasteiger partial charge in [0.25, 0.3) is 0 Å². The van der Waals surface area contributed by atoms with Crippen LogP contribution >= 0.6 is 0 Å². The number of carbonyl (C=O) groups excluding carboxylic acids is 1. The molecule has 3 heteroatoms. The average molecular weight is 192 g/mol. The van der Waals surface area contributed by atoms with E-state index in [1.807, 2.05) is 0 Å². The van der Waals surface area contributed by atoms with Crippen molar-refractivity contribution in [2.45, 2.75) is 32.1 Å². The number of hydrogen-bond donors (Lipinski definition) is 1. The summed E-state index contributed by atoms with van der Waals surface area (Å²) in [5, 5.41) is 8.68. The number of aliphatic carboxylic acids is 1. The normalized spacial score (nSPS) is 20.9. The van der Waals surface area contributed by atoms with Crippen LogP contribution in [0.2, 0.25) is 0 Å². The molecule has 14 heavy (non-hydrogen) atoms. The molecule has 74 valence electrons. The minimum atomic E-state index is -0.910. The van der Waals surface area contributed by atoms with Gasteiger partial charge in [-0.3, -0.25) is 9.59 Å². The molecule has 0 aromatic carbocycles. The van der Waals surface area contributed by atoms with Gasteiger partial charge in [-0.05, 0) is 30.4 Å². The zero-order valence-corrected chi connectivity index (χ0v) is 7.88. The summed E-state index contributed by atoms with van der Waals surface area (Å²) >= 11 is 0. The van der Waals surface area contributed by atoms with E-state index in [0.29, 0.717) is 12.0 Å². The molecule has 0 amide bonds. The van der Waals surface area contributed by atoms with E-state index in [1.54, 1.807) is 0 Å². The van der Waals surface area contributed by atoms with E-state index in [2.05, 4.69) is 6.08 Å². The summed E-state index contributed by atoms with van der Waals surface area (Å²) in [7, 11) is 0. The van der Waals surface area contributed by atoms with Crippen LogP contribution in [0.25, 0.3) is 0 Å². The number of Topliss-reactive ketones (excluding diaryl/α,β-unsaturated/α-hetero) is 1. The first-order valence-corrected chi connectivity index (χ1v) is 4.85. The molecule has 0 atom stereocenters. The molecule has 0 saturated heterocycles. The fraction of sp³-hybridized carbons (Fsp3) is 0.455. The third kappa shape index (κ3) is 1.50. The molecule has 2 rings (SSSR count). The van der Waals surface area contributed by atoms with Gasteiger partial charge in [0.2, 0.25) is 0 Å². The van der Waals surface area contributed by atoms with Crippen LogP contribution in [0.4, 0.5) is 0 Å². The number of allylic oxidation sites excluding steroid dienone is 3. The van der Waals surface area contributed by atoms with Crippen LogP contribution in [0.3, 0.4) is 0 Å². The highest BCUT2D eigenvalue weighted by atomic mass is 16.4. The van der Waals surface area contributed by atoms with Crippen molar-refractivity contribution in [1.82, 2.24) is 0 Å². The molecule has 3 nitrogen and oxygen atoms in total. The Kier molecular flexibility index (Phi) is 2.23. The average Bonchev–Trinajstić information content (AvgIpc) is 2.43. The minimum Gasteiger partial charge on any atom is -0.481 e. The summed E-state index contributed by atoms with van der Waals surface area (Å²) in [5.74, 6) is -0.900. The molecule has 0 aromatic heterocycles. The lowest BCUT2D eigenvalue weighted by Gasteiger charge is -2.11. The molecule has 0 fully saturated rings.